The number of carbonyl (C=O) groups excluding carboxylic acids is 2. The Morgan fingerprint density at radius 1 is 0.900 bits per heavy atom. The Kier molecular flexibility index (Phi) is 6.61. The van der Waals surface area contributed by atoms with Gasteiger partial charge in [0.25, 0.3) is 5.91 Å². The van der Waals surface area contributed by atoms with Gasteiger partial charge in [-0.3, -0.25) is 9.69 Å². The van der Waals surface area contributed by atoms with Crippen LogP contribution in [0.3, 0.4) is 0 Å². The number of thiophene rings is 1. The second-order valence-corrected chi connectivity index (χ2v) is 8.31. The average Bonchev–Trinajstić information content (AvgIpc) is 3.33. The molecule has 0 unspecified atom stereocenters. The van der Waals surface area contributed by atoms with Crippen LogP contribution in [-0.2, 0) is 6.54 Å². The fourth-order valence-corrected chi connectivity index (χ4v) is 4.43. The highest BCUT2D eigenvalue weighted by molar-refractivity contribution is 7.12. The maximum Gasteiger partial charge on any atom is 0.315 e. The molecule has 1 aromatic heterocycles. The Morgan fingerprint density at radius 3 is 2.50 bits per heavy atom. The van der Waals surface area contributed by atoms with Crippen molar-refractivity contribution in [2.24, 2.45) is 0 Å². The van der Waals surface area contributed by atoms with E-state index in [0.29, 0.717) is 13.1 Å². The minimum atomic E-state index is -0.158. The zero-order valence-electron chi connectivity index (χ0n) is 16.8. The van der Waals surface area contributed by atoms with E-state index >= 15 is 0 Å². The van der Waals surface area contributed by atoms with Gasteiger partial charge in [-0.25, -0.2) is 4.79 Å². The molecule has 1 aliphatic rings. The smallest absolute Gasteiger partial charge is 0.315 e. The number of benzene rings is 2. The van der Waals surface area contributed by atoms with E-state index in [9.17, 15) is 9.59 Å². The van der Waals surface area contributed by atoms with Crippen LogP contribution in [0.4, 0.5) is 4.79 Å². The van der Waals surface area contributed by atoms with Crippen molar-refractivity contribution < 1.29 is 9.59 Å². The summed E-state index contributed by atoms with van der Waals surface area (Å²) in [6.07, 6.45) is 0. The van der Waals surface area contributed by atoms with Gasteiger partial charge in [-0.15, -0.1) is 11.3 Å². The van der Waals surface area contributed by atoms with Gasteiger partial charge in [0.05, 0.1) is 4.88 Å². The maximum absolute atomic E-state index is 12.4. The van der Waals surface area contributed by atoms with Gasteiger partial charge >= 0.3 is 6.03 Å². The van der Waals surface area contributed by atoms with Gasteiger partial charge in [0.1, 0.15) is 0 Å². The molecule has 2 aromatic carbocycles. The molecule has 6 nitrogen and oxygen atoms in total. The van der Waals surface area contributed by atoms with Crippen LogP contribution in [0.1, 0.15) is 15.2 Å². The molecule has 3 amide bonds. The second kappa shape index (κ2) is 9.73. The third kappa shape index (κ3) is 4.98. The summed E-state index contributed by atoms with van der Waals surface area (Å²) in [7, 11) is 0. The normalized spacial score (nSPS) is 14.6. The Morgan fingerprint density at radius 2 is 1.70 bits per heavy atom. The fraction of sp³-hybridized carbons (Fsp3) is 0.304. The fourth-order valence-electron chi connectivity index (χ4n) is 3.74. The molecule has 2 heterocycles. The van der Waals surface area contributed by atoms with Gasteiger partial charge in [0.2, 0.25) is 0 Å². The first kappa shape index (κ1) is 20.4. The molecule has 1 saturated heterocycles. The minimum Gasteiger partial charge on any atom is -0.337 e. The number of fused-ring (bicyclic) bond motifs is 1. The van der Waals surface area contributed by atoms with Crippen molar-refractivity contribution in [1.29, 1.82) is 0 Å². The predicted octanol–water partition coefficient (Wildman–Crippen LogP) is 3.16. The van der Waals surface area contributed by atoms with E-state index in [1.807, 2.05) is 46.7 Å². The molecule has 4 rings (SSSR count). The van der Waals surface area contributed by atoms with Crippen LogP contribution in [0.5, 0.6) is 0 Å². The van der Waals surface area contributed by atoms with E-state index in [2.05, 4.69) is 33.7 Å². The molecule has 0 atom stereocenters. The van der Waals surface area contributed by atoms with E-state index in [1.54, 1.807) is 0 Å². The molecule has 0 saturated carbocycles. The number of urea groups is 1. The summed E-state index contributed by atoms with van der Waals surface area (Å²) in [5, 5.41) is 10.1. The molecule has 0 spiro atoms. The van der Waals surface area contributed by atoms with E-state index in [4.69, 9.17) is 0 Å². The van der Waals surface area contributed by atoms with Crippen molar-refractivity contribution >= 4 is 34.0 Å². The number of amides is 3. The predicted molar refractivity (Wildman–Crippen MR) is 121 cm³/mol. The lowest BCUT2D eigenvalue weighted by atomic mass is 10.0. The highest BCUT2D eigenvalue weighted by Crippen LogP contribution is 2.18. The first-order chi connectivity index (χ1) is 14.7. The maximum atomic E-state index is 12.4. The molecule has 7 heteroatoms. The minimum absolute atomic E-state index is 0.121. The zero-order valence-corrected chi connectivity index (χ0v) is 17.7. The number of hydrogen-bond acceptors (Lipinski definition) is 4. The van der Waals surface area contributed by atoms with Crippen molar-refractivity contribution in [1.82, 2.24) is 20.4 Å². The van der Waals surface area contributed by atoms with Crippen molar-refractivity contribution in [2.45, 2.75) is 6.54 Å². The number of piperazine rings is 1. The van der Waals surface area contributed by atoms with Gasteiger partial charge < -0.3 is 15.5 Å². The molecule has 156 valence electrons. The van der Waals surface area contributed by atoms with Crippen LogP contribution in [0, 0.1) is 0 Å². The summed E-state index contributed by atoms with van der Waals surface area (Å²) in [5.41, 5.74) is 1.11. The molecule has 2 N–H and O–H groups in total. The Labute approximate surface area is 180 Å². The van der Waals surface area contributed by atoms with Crippen LogP contribution in [0.2, 0.25) is 0 Å². The Balaban J connectivity index is 1.16. The first-order valence-corrected chi connectivity index (χ1v) is 11.1. The molecule has 1 aliphatic heterocycles. The molecular formula is C23H26N4O2S. The van der Waals surface area contributed by atoms with E-state index in [1.165, 1.54) is 16.7 Å². The van der Waals surface area contributed by atoms with E-state index in [0.717, 1.165) is 48.6 Å². The molecule has 0 radical (unpaired) electrons. The average molecular weight is 423 g/mol. The first-order valence-electron chi connectivity index (χ1n) is 10.2. The van der Waals surface area contributed by atoms with Crippen molar-refractivity contribution in [3.05, 3.63) is 70.4 Å². The van der Waals surface area contributed by atoms with Crippen LogP contribution >= 0.6 is 11.3 Å². The van der Waals surface area contributed by atoms with Gasteiger partial charge in [-0.2, -0.15) is 0 Å². The summed E-state index contributed by atoms with van der Waals surface area (Å²) in [6.45, 7) is 4.97. The monoisotopic (exact) mass is 422 g/mol. The van der Waals surface area contributed by atoms with Gasteiger partial charge in [-0.05, 0) is 27.8 Å². The molecule has 0 bridgehead atoms. The lowest BCUT2D eigenvalue weighted by Crippen LogP contribution is -2.50. The summed E-state index contributed by atoms with van der Waals surface area (Å²) < 4.78 is 0. The van der Waals surface area contributed by atoms with Crippen molar-refractivity contribution in [2.75, 3.05) is 39.3 Å². The second-order valence-electron chi connectivity index (χ2n) is 7.36. The third-order valence-corrected chi connectivity index (χ3v) is 6.28. The third-order valence-electron chi connectivity index (χ3n) is 5.42. The number of hydrogen-bond donors (Lipinski definition) is 2. The van der Waals surface area contributed by atoms with Gasteiger partial charge in [0, 0.05) is 45.8 Å². The number of carbonyl (C=O) groups is 2. The number of nitrogens with zero attached hydrogens (tertiary/aromatic N) is 2. The van der Waals surface area contributed by atoms with E-state index in [-0.39, 0.29) is 11.9 Å². The highest BCUT2D eigenvalue weighted by atomic mass is 32.1. The van der Waals surface area contributed by atoms with Crippen molar-refractivity contribution in [3.63, 3.8) is 0 Å². The summed E-state index contributed by atoms with van der Waals surface area (Å²) in [4.78, 5) is 29.6. The van der Waals surface area contributed by atoms with E-state index < -0.39 is 0 Å². The van der Waals surface area contributed by atoms with Crippen LogP contribution in [0.15, 0.2) is 60.0 Å². The summed E-state index contributed by atoms with van der Waals surface area (Å²) >= 11 is 1.49. The van der Waals surface area contributed by atoms with Gasteiger partial charge in [-0.1, -0.05) is 48.5 Å². The quantitative estimate of drug-likeness (QED) is 0.641. The Hall–Kier alpha value is -2.90. The highest BCUT2D eigenvalue weighted by Gasteiger charge is 2.22. The van der Waals surface area contributed by atoms with Crippen molar-refractivity contribution in [3.8, 4) is 0 Å². The summed E-state index contributed by atoms with van der Waals surface area (Å²) in [6, 6.07) is 17.9. The molecular weight excluding hydrogens is 396 g/mol. The molecule has 0 aliphatic carbocycles. The standard InChI is InChI=1S/C23H26N4O2S/c28-22(21-9-4-16-30-21)27-14-12-26(13-15-27)11-10-24-23(29)25-17-19-7-3-6-18-5-1-2-8-20(18)19/h1-9,16H,10-15,17H2,(H2,24,25,29). The zero-order chi connectivity index (χ0) is 20.8. The SMILES string of the molecule is O=C(NCCN1CCN(C(=O)c2cccs2)CC1)NCc1cccc2ccccc12. The lowest BCUT2D eigenvalue weighted by molar-refractivity contribution is 0.0644. The summed E-state index contributed by atoms with van der Waals surface area (Å²) in [5.74, 6) is 0.121. The topological polar surface area (TPSA) is 64.7 Å². The van der Waals surface area contributed by atoms with Gasteiger partial charge in [0.15, 0.2) is 0 Å². The lowest BCUT2D eigenvalue weighted by Gasteiger charge is -2.34. The van der Waals surface area contributed by atoms with Crippen LogP contribution < -0.4 is 10.6 Å². The molecule has 30 heavy (non-hydrogen) atoms. The molecule has 3 aromatic rings. The number of nitrogens with one attached hydrogen (secondary N) is 2. The molecule has 1 fully saturated rings. The number of rotatable bonds is 6. The van der Waals surface area contributed by atoms with Crippen LogP contribution in [0.25, 0.3) is 10.8 Å². The van der Waals surface area contributed by atoms with Crippen LogP contribution in [-0.4, -0.2) is 61.0 Å². The largest absolute Gasteiger partial charge is 0.337 e. The Bertz CT molecular complexity index is 992.